The summed E-state index contributed by atoms with van der Waals surface area (Å²) < 4.78 is 0. The first-order chi connectivity index (χ1) is 8.67. The van der Waals surface area contributed by atoms with Gasteiger partial charge < -0.3 is 5.73 Å². The predicted molar refractivity (Wildman–Crippen MR) is 79.6 cm³/mol. The molecule has 0 saturated heterocycles. The van der Waals surface area contributed by atoms with Crippen LogP contribution in [0, 0.1) is 6.92 Å². The Balaban J connectivity index is 2.45. The van der Waals surface area contributed by atoms with E-state index < -0.39 is 0 Å². The maximum absolute atomic E-state index is 5.89. The van der Waals surface area contributed by atoms with Crippen molar-refractivity contribution in [2.45, 2.75) is 52.1 Å². The van der Waals surface area contributed by atoms with Crippen molar-refractivity contribution in [3.05, 3.63) is 35.4 Å². The van der Waals surface area contributed by atoms with Gasteiger partial charge in [-0.2, -0.15) is 0 Å². The molecular weight excluding hydrogens is 220 g/mol. The van der Waals surface area contributed by atoms with Crippen molar-refractivity contribution in [1.82, 2.24) is 4.90 Å². The summed E-state index contributed by atoms with van der Waals surface area (Å²) in [6.07, 6.45) is 5.09. The van der Waals surface area contributed by atoms with E-state index in [-0.39, 0.29) is 0 Å². The summed E-state index contributed by atoms with van der Waals surface area (Å²) in [4.78, 5) is 2.39. The van der Waals surface area contributed by atoms with Crippen LogP contribution in [0.2, 0.25) is 0 Å². The van der Waals surface area contributed by atoms with Crippen LogP contribution in [-0.2, 0) is 6.54 Å². The minimum atomic E-state index is 0.512. The lowest BCUT2D eigenvalue weighted by molar-refractivity contribution is 0.223. The van der Waals surface area contributed by atoms with Crippen LogP contribution in [0.1, 0.15) is 43.7 Å². The molecule has 0 spiro atoms. The van der Waals surface area contributed by atoms with Gasteiger partial charge in [0.05, 0.1) is 0 Å². The Kier molecular flexibility index (Phi) is 6.99. The Labute approximate surface area is 112 Å². The fourth-order valence-corrected chi connectivity index (χ4v) is 2.26. The third kappa shape index (κ3) is 5.19. The molecule has 0 radical (unpaired) electrons. The summed E-state index contributed by atoms with van der Waals surface area (Å²) in [5, 5.41) is 0. The van der Waals surface area contributed by atoms with Crippen LogP contribution in [0.3, 0.4) is 0 Å². The van der Waals surface area contributed by atoms with Crippen LogP contribution in [0.4, 0.5) is 0 Å². The topological polar surface area (TPSA) is 29.3 Å². The van der Waals surface area contributed by atoms with Gasteiger partial charge in [-0.1, -0.05) is 56.0 Å². The second-order valence-electron chi connectivity index (χ2n) is 5.29. The van der Waals surface area contributed by atoms with E-state index in [0.717, 1.165) is 13.1 Å². The molecule has 0 heterocycles. The lowest BCUT2D eigenvalue weighted by Gasteiger charge is -2.27. The molecule has 0 aliphatic heterocycles. The number of nitrogens with two attached hydrogens (primary N) is 1. The normalized spacial score (nSPS) is 12.9. The summed E-state index contributed by atoms with van der Waals surface area (Å²) in [6.45, 7) is 6.12. The Hall–Kier alpha value is -0.860. The van der Waals surface area contributed by atoms with E-state index in [0.29, 0.717) is 6.04 Å². The molecule has 18 heavy (non-hydrogen) atoms. The first-order valence-electron chi connectivity index (χ1n) is 7.13. The smallest absolute Gasteiger partial charge is 0.0234 e. The fourth-order valence-electron chi connectivity index (χ4n) is 2.26. The number of unbranched alkanes of at least 4 members (excludes halogenated alkanes) is 2. The average molecular weight is 248 g/mol. The molecule has 0 aromatic heterocycles. The summed E-state index contributed by atoms with van der Waals surface area (Å²) in [7, 11) is 2.18. The highest BCUT2D eigenvalue weighted by Crippen LogP contribution is 2.12. The highest BCUT2D eigenvalue weighted by Gasteiger charge is 2.12. The molecule has 1 atom stereocenters. The number of likely N-dealkylation sites (N-methyl/N-ethyl adjacent to an activating group) is 1. The zero-order valence-electron chi connectivity index (χ0n) is 12.2. The molecule has 0 fully saturated rings. The van der Waals surface area contributed by atoms with Crippen LogP contribution in [0.25, 0.3) is 0 Å². The third-order valence-electron chi connectivity index (χ3n) is 3.59. The van der Waals surface area contributed by atoms with E-state index in [1.54, 1.807) is 0 Å². The van der Waals surface area contributed by atoms with Gasteiger partial charge in [0, 0.05) is 19.1 Å². The molecule has 0 aliphatic carbocycles. The van der Waals surface area contributed by atoms with Crippen molar-refractivity contribution < 1.29 is 0 Å². The van der Waals surface area contributed by atoms with Gasteiger partial charge in [-0.25, -0.2) is 0 Å². The van der Waals surface area contributed by atoms with Crippen molar-refractivity contribution in [3.63, 3.8) is 0 Å². The van der Waals surface area contributed by atoms with Crippen LogP contribution in [-0.4, -0.2) is 24.5 Å². The summed E-state index contributed by atoms with van der Waals surface area (Å²) in [6, 6.07) is 9.30. The Morgan fingerprint density at radius 2 is 1.83 bits per heavy atom. The Bertz CT molecular complexity index is 318. The second-order valence-corrected chi connectivity index (χ2v) is 5.29. The molecule has 0 bridgehead atoms. The van der Waals surface area contributed by atoms with Gasteiger partial charge in [-0.15, -0.1) is 0 Å². The molecule has 0 saturated carbocycles. The van der Waals surface area contributed by atoms with E-state index in [1.165, 1.54) is 36.8 Å². The van der Waals surface area contributed by atoms with Gasteiger partial charge in [-0.3, -0.25) is 4.90 Å². The zero-order valence-corrected chi connectivity index (χ0v) is 12.2. The van der Waals surface area contributed by atoms with E-state index in [9.17, 15) is 0 Å². The summed E-state index contributed by atoms with van der Waals surface area (Å²) >= 11 is 0. The predicted octanol–water partition coefficient (Wildman–Crippen LogP) is 3.33. The lowest BCUT2D eigenvalue weighted by Crippen LogP contribution is -2.37. The first-order valence-corrected chi connectivity index (χ1v) is 7.13. The quantitative estimate of drug-likeness (QED) is 0.715. The van der Waals surface area contributed by atoms with Crippen LogP contribution in [0.15, 0.2) is 24.3 Å². The number of hydrogen-bond donors (Lipinski definition) is 1. The zero-order chi connectivity index (χ0) is 13.4. The number of aryl methyl sites for hydroxylation is 1. The monoisotopic (exact) mass is 248 g/mol. The Morgan fingerprint density at radius 3 is 2.39 bits per heavy atom. The van der Waals surface area contributed by atoms with Gasteiger partial charge in [0.25, 0.3) is 0 Å². The maximum atomic E-state index is 5.89. The first kappa shape index (κ1) is 15.2. The molecule has 1 rings (SSSR count). The van der Waals surface area contributed by atoms with E-state index in [4.69, 9.17) is 5.73 Å². The van der Waals surface area contributed by atoms with Crippen molar-refractivity contribution in [2.75, 3.05) is 13.6 Å². The van der Waals surface area contributed by atoms with Crippen LogP contribution in [0.5, 0.6) is 0 Å². The molecule has 0 amide bonds. The van der Waals surface area contributed by atoms with Crippen LogP contribution >= 0.6 is 0 Å². The molecule has 1 unspecified atom stereocenters. The van der Waals surface area contributed by atoms with E-state index in [2.05, 4.69) is 50.1 Å². The average Bonchev–Trinajstić information content (AvgIpc) is 2.37. The molecule has 0 aliphatic rings. The second kappa shape index (κ2) is 8.28. The molecular formula is C16H28N2. The Morgan fingerprint density at radius 1 is 1.17 bits per heavy atom. The third-order valence-corrected chi connectivity index (χ3v) is 3.59. The number of rotatable bonds is 8. The van der Waals surface area contributed by atoms with Gasteiger partial charge >= 0.3 is 0 Å². The van der Waals surface area contributed by atoms with Crippen molar-refractivity contribution in [1.29, 1.82) is 0 Å². The molecule has 2 nitrogen and oxygen atoms in total. The van der Waals surface area contributed by atoms with Crippen molar-refractivity contribution in [3.8, 4) is 0 Å². The van der Waals surface area contributed by atoms with Gasteiger partial charge in [-0.05, 0) is 26.0 Å². The molecule has 2 N–H and O–H groups in total. The van der Waals surface area contributed by atoms with E-state index >= 15 is 0 Å². The van der Waals surface area contributed by atoms with Crippen molar-refractivity contribution in [2.24, 2.45) is 5.73 Å². The van der Waals surface area contributed by atoms with Crippen LogP contribution < -0.4 is 5.73 Å². The largest absolute Gasteiger partial charge is 0.329 e. The standard InChI is InChI=1S/C16H28N2/c1-4-5-6-7-16(12-17)18(3)13-15-10-8-14(2)9-11-15/h8-11,16H,4-7,12-13,17H2,1-3H3. The number of nitrogens with zero attached hydrogens (tertiary/aromatic N) is 1. The van der Waals surface area contributed by atoms with Gasteiger partial charge in [0.2, 0.25) is 0 Å². The SMILES string of the molecule is CCCCCC(CN)N(C)Cc1ccc(C)cc1. The number of hydrogen-bond acceptors (Lipinski definition) is 2. The van der Waals surface area contributed by atoms with Gasteiger partial charge in [0.1, 0.15) is 0 Å². The minimum Gasteiger partial charge on any atom is -0.329 e. The highest BCUT2D eigenvalue weighted by atomic mass is 15.1. The molecule has 1 aromatic carbocycles. The number of benzene rings is 1. The minimum absolute atomic E-state index is 0.512. The fraction of sp³-hybridized carbons (Fsp3) is 0.625. The van der Waals surface area contributed by atoms with E-state index in [1.807, 2.05) is 0 Å². The van der Waals surface area contributed by atoms with Gasteiger partial charge in [0.15, 0.2) is 0 Å². The maximum Gasteiger partial charge on any atom is 0.0234 e. The lowest BCUT2D eigenvalue weighted by atomic mass is 10.1. The molecule has 2 heteroatoms. The summed E-state index contributed by atoms with van der Waals surface area (Å²) in [5.41, 5.74) is 8.58. The molecule has 102 valence electrons. The molecule has 1 aromatic rings. The highest BCUT2D eigenvalue weighted by molar-refractivity contribution is 5.21. The summed E-state index contributed by atoms with van der Waals surface area (Å²) in [5.74, 6) is 0. The van der Waals surface area contributed by atoms with Crippen molar-refractivity contribution >= 4 is 0 Å².